The summed E-state index contributed by atoms with van der Waals surface area (Å²) in [7, 11) is 0. The van der Waals surface area contributed by atoms with Gasteiger partial charge in [0.05, 0.1) is 12.7 Å². The molecule has 1 N–H and O–H groups in total. The normalized spacial score (nSPS) is 43.2. The highest BCUT2D eigenvalue weighted by Crippen LogP contribution is 2.24. The summed E-state index contributed by atoms with van der Waals surface area (Å²) in [6, 6.07) is 7.68. The quantitative estimate of drug-likeness (QED) is 0.741. The zero-order valence-corrected chi connectivity index (χ0v) is 8.16. The Morgan fingerprint density at radius 3 is 2.93 bits per heavy atom. The van der Waals surface area contributed by atoms with Crippen LogP contribution in [0.5, 0.6) is 0 Å². The molecule has 1 aliphatic heterocycles. The predicted molar refractivity (Wildman–Crippen MR) is 57.2 cm³/mol. The van der Waals surface area contributed by atoms with Gasteiger partial charge in [-0.15, -0.1) is 0 Å². The molecule has 3 atom stereocenters. The Balaban J connectivity index is 2.15. The summed E-state index contributed by atoms with van der Waals surface area (Å²) in [4.78, 5) is 0. The summed E-state index contributed by atoms with van der Waals surface area (Å²) in [5.74, 6) is 0. The van der Waals surface area contributed by atoms with Crippen LogP contribution < -0.4 is 5.32 Å². The third kappa shape index (κ3) is 1.97. The van der Waals surface area contributed by atoms with Crippen LogP contribution in [0.4, 0.5) is 0 Å². The molecule has 1 aromatic rings. The number of morpholine rings is 1. The molecule has 1 heterocycles. The third-order valence-electron chi connectivity index (χ3n) is 2.39. The highest BCUT2D eigenvalue weighted by atomic mass is 16.5. The number of benzene rings is 1. The topological polar surface area (TPSA) is 21.3 Å². The molecule has 0 amide bonds. The number of nitrogens with one attached hydrogen (secondary N) is 1. The van der Waals surface area contributed by atoms with Crippen molar-refractivity contribution in [2.45, 2.75) is 31.9 Å². The van der Waals surface area contributed by atoms with Gasteiger partial charge >= 0.3 is 0 Å². The average molecular weight is 195 g/mol. The molecule has 0 aliphatic carbocycles. The second-order valence-electron chi connectivity index (χ2n) is 3.55. The van der Waals surface area contributed by atoms with Crippen LogP contribution >= 0.6 is 0 Å². The Morgan fingerprint density at radius 2 is 2.29 bits per heavy atom. The smallest absolute Gasteiger partial charge is 0.0975 e. The molecule has 0 radical (unpaired) electrons. The summed E-state index contributed by atoms with van der Waals surface area (Å²) in [6.45, 7) is -0.706. The van der Waals surface area contributed by atoms with Crippen LogP contribution in [0.1, 0.15) is 30.9 Å². The number of rotatable bonds is 1. The van der Waals surface area contributed by atoms with Gasteiger partial charge in [0.1, 0.15) is 0 Å². The lowest BCUT2D eigenvalue weighted by Gasteiger charge is -2.34. The molecule has 2 nitrogen and oxygen atoms in total. The zero-order chi connectivity index (χ0) is 13.4. The van der Waals surface area contributed by atoms with E-state index in [4.69, 9.17) is 10.2 Å². The van der Waals surface area contributed by atoms with Gasteiger partial charge in [-0.1, -0.05) is 30.3 Å². The maximum absolute atomic E-state index is 7.96. The Bertz CT molecular complexity index is 408. The van der Waals surface area contributed by atoms with Crippen LogP contribution in [0.3, 0.4) is 0 Å². The summed E-state index contributed by atoms with van der Waals surface area (Å²) in [5, 5.41) is 2.86. The van der Waals surface area contributed by atoms with Crippen LogP contribution in [-0.4, -0.2) is 18.7 Å². The second kappa shape index (κ2) is 4.11. The van der Waals surface area contributed by atoms with Crippen LogP contribution in [-0.2, 0) is 4.74 Å². The molecule has 14 heavy (non-hydrogen) atoms. The lowest BCUT2D eigenvalue weighted by molar-refractivity contribution is -0.0207. The molecule has 1 aromatic carbocycles. The molecule has 2 rings (SSSR count). The first-order valence-electron chi connectivity index (χ1n) is 6.78. The van der Waals surface area contributed by atoms with E-state index in [1.807, 2.05) is 37.3 Å². The molecule has 1 aliphatic rings. The maximum Gasteiger partial charge on any atom is 0.0975 e. The highest BCUT2D eigenvalue weighted by molar-refractivity contribution is 5.19. The fraction of sp³-hybridized carbons (Fsp3) is 0.500. The number of hydrogen-bond donors (Lipinski definition) is 1. The molecular formula is C12H17NO. The largest absolute Gasteiger partial charge is 0.370 e. The van der Waals surface area contributed by atoms with Crippen LogP contribution in [0.2, 0.25) is 0 Å². The van der Waals surface area contributed by atoms with Crippen molar-refractivity contribution in [1.29, 1.82) is 0 Å². The van der Waals surface area contributed by atoms with E-state index in [0.29, 0.717) is 0 Å². The first kappa shape index (κ1) is 5.89. The summed E-state index contributed by atoms with van der Waals surface area (Å²) in [6.07, 6.45) is -0.216. The SMILES string of the molecule is [2H]C([2H])([2H])C1([2H])COC(c2ccccc2)C(C)N1. The van der Waals surface area contributed by atoms with Crippen molar-refractivity contribution in [2.75, 3.05) is 6.61 Å². The van der Waals surface area contributed by atoms with E-state index in [1.165, 1.54) is 0 Å². The average Bonchev–Trinajstić information content (AvgIpc) is 2.28. The predicted octanol–water partition coefficient (Wildman–Crippen LogP) is 2.12. The van der Waals surface area contributed by atoms with Gasteiger partial charge in [-0.2, -0.15) is 0 Å². The molecule has 0 bridgehead atoms. The molecule has 0 saturated carbocycles. The van der Waals surface area contributed by atoms with Crippen molar-refractivity contribution < 1.29 is 10.2 Å². The van der Waals surface area contributed by atoms with Gasteiger partial charge in [-0.25, -0.2) is 0 Å². The van der Waals surface area contributed by atoms with Crippen molar-refractivity contribution in [3.8, 4) is 0 Å². The van der Waals surface area contributed by atoms with E-state index in [9.17, 15) is 0 Å². The number of hydrogen-bond acceptors (Lipinski definition) is 2. The minimum atomic E-state index is -2.40. The van der Waals surface area contributed by atoms with Gasteiger partial charge in [-0.3, -0.25) is 0 Å². The van der Waals surface area contributed by atoms with E-state index >= 15 is 0 Å². The van der Waals surface area contributed by atoms with Gasteiger partial charge in [0.2, 0.25) is 0 Å². The van der Waals surface area contributed by atoms with Crippen molar-refractivity contribution in [2.24, 2.45) is 0 Å². The molecule has 76 valence electrons. The number of ether oxygens (including phenoxy) is 1. The van der Waals surface area contributed by atoms with Crippen molar-refractivity contribution >= 4 is 0 Å². The van der Waals surface area contributed by atoms with Gasteiger partial charge < -0.3 is 10.1 Å². The second-order valence-corrected chi connectivity index (χ2v) is 3.55. The van der Waals surface area contributed by atoms with Crippen molar-refractivity contribution in [3.05, 3.63) is 35.9 Å². The van der Waals surface area contributed by atoms with E-state index in [0.717, 1.165) is 5.56 Å². The van der Waals surface area contributed by atoms with E-state index in [1.54, 1.807) is 0 Å². The fourth-order valence-corrected chi connectivity index (χ4v) is 1.74. The lowest BCUT2D eigenvalue weighted by atomic mass is 10.0. The minimum Gasteiger partial charge on any atom is -0.370 e. The van der Waals surface area contributed by atoms with Crippen molar-refractivity contribution in [1.82, 2.24) is 5.32 Å². The molecule has 0 spiro atoms. The van der Waals surface area contributed by atoms with Gasteiger partial charge in [0.25, 0.3) is 0 Å². The van der Waals surface area contributed by atoms with Crippen molar-refractivity contribution in [3.63, 3.8) is 0 Å². The Hall–Kier alpha value is -0.860. The fourth-order valence-electron chi connectivity index (χ4n) is 1.74. The zero-order valence-electron chi connectivity index (χ0n) is 12.2. The Kier molecular flexibility index (Phi) is 1.73. The monoisotopic (exact) mass is 195 g/mol. The Labute approximate surface area is 90.9 Å². The van der Waals surface area contributed by atoms with Crippen LogP contribution in [0, 0.1) is 0 Å². The van der Waals surface area contributed by atoms with Crippen LogP contribution in [0.25, 0.3) is 0 Å². The molecule has 1 saturated heterocycles. The van der Waals surface area contributed by atoms with Gasteiger partial charge in [-0.05, 0) is 19.3 Å². The maximum atomic E-state index is 7.96. The minimum absolute atomic E-state index is 0.145. The van der Waals surface area contributed by atoms with E-state index in [2.05, 4.69) is 5.32 Å². The molecule has 2 heteroatoms. The molecule has 3 unspecified atom stereocenters. The summed E-state index contributed by atoms with van der Waals surface area (Å²) in [5.41, 5.74) is 0.991. The van der Waals surface area contributed by atoms with Crippen LogP contribution in [0.15, 0.2) is 30.3 Å². The third-order valence-corrected chi connectivity index (χ3v) is 2.39. The standard InChI is InChI=1S/C12H17NO/c1-9-8-14-12(10(2)13-9)11-6-4-3-5-7-11/h3-7,9-10,12-13H,8H2,1-2H3/i1D3,9D. The summed E-state index contributed by atoms with van der Waals surface area (Å²) < 4.78 is 35.7. The Morgan fingerprint density at radius 1 is 1.50 bits per heavy atom. The van der Waals surface area contributed by atoms with Gasteiger partial charge in [0.15, 0.2) is 0 Å². The van der Waals surface area contributed by atoms with E-state index < -0.39 is 12.9 Å². The molecule has 1 fully saturated rings. The lowest BCUT2D eigenvalue weighted by Crippen LogP contribution is -2.47. The highest BCUT2D eigenvalue weighted by Gasteiger charge is 2.26. The van der Waals surface area contributed by atoms with E-state index in [-0.39, 0.29) is 18.8 Å². The summed E-state index contributed by atoms with van der Waals surface area (Å²) >= 11 is 0. The van der Waals surface area contributed by atoms with Gasteiger partial charge in [0, 0.05) is 17.5 Å². The first-order chi connectivity index (χ1) is 8.33. The first-order valence-corrected chi connectivity index (χ1v) is 4.78. The molecule has 0 aromatic heterocycles. The molecular weight excluding hydrogens is 174 g/mol.